The van der Waals surface area contributed by atoms with Crippen LogP contribution in [0.3, 0.4) is 0 Å². The van der Waals surface area contributed by atoms with E-state index in [9.17, 15) is 13.2 Å². The van der Waals surface area contributed by atoms with Gasteiger partial charge in [-0.1, -0.05) is 18.2 Å². The van der Waals surface area contributed by atoms with Gasteiger partial charge in [0.2, 0.25) is 5.88 Å². The first-order chi connectivity index (χ1) is 16.2. The lowest BCUT2D eigenvalue weighted by atomic mass is 10.1. The van der Waals surface area contributed by atoms with Crippen molar-refractivity contribution in [2.24, 2.45) is 0 Å². The highest BCUT2D eigenvalue weighted by Crippen LogP contribution is 2.31. The molecule has 0 radical (unpaired) electrons. The average molecular weight is 481 g/mol. The molecular weight excluding hydrogens is 456 g/mol. The second kappa shape index (κ2) is 9.56. The van der Waals surface area contributed by atoms with E-state index in [-0.39, 0.29) is 29.7 Å². The van der Waals surface area contributed by atoms with E-state index < -0.39 is 16.0 Å². The quantitative estimate of drug-likeness (QED) is 0.364. The molecule has 34 heavy (non-hydrogen) atoms. The lowest BCUT2D eigenvalue weighted by molar-refractivity contribution is -0.136. The fourth-order valence-corrected chi connectivity index (χ4v) is 4.87. The summed E-state index contributed by atoms with van der Waals surface area (Å²) in [6.07, 6.45) is 2.71. The molecule has 0 unspecified atom stereocenters. The minimum absolute atomic E-state index is 0.0166. The van der Waals surface area contributed by atoms with Crippen molar-refractivity contribution in [2.45, 2.75) is 37.7 Å². The molecular formula is C25H24N2O6S. The Balaban J connectivity index is 1.71. The number of ether oxygens (including phenoxy) is 2. The minimum atomic E-state index is -4.00. The predicted octanol–water partition coefficient (Wildman–Crippen LogP) is 4.87. The van der Waals surface area contributed by atoms with E-state index in [4.69, 9.17) is 14.6 Å². The van der Waals surface area contributed by atoms with Crippen LogP contribution in [-0.4, -0.2) is 34.6 Å². The van der Waals surface area contributed by atoms with Gasteiger partial charge < -0.3 is 14.6 Å². The molecule has 2 aromatic heterocycles. The number of hydrogen-bond acceptors (Lipinski definition) is 6. The van der Waals surface area contributed by atoms with Gasteiger partial charge >= 0.3 is 5.97 Å². The first-order valence-electron chi connectivity index (χ1n) is 10.7. The van der Waals surface area contributed by atoms with E-state index in [1.165, 1.54) is 24.5 Å². The lowest BCUT2D eigenvalue weighted by Gasteiger charge is -2.11. The van der Waals surface area contributed by atoms with Gasteiger partial charge in [-0.2, -0.15) is 0 Å². The number of carbonyl (C=O) groups is 1. The van der Waals surface area contributed by atoms with Crippen molar-refractivity contribution in [3.63, 3.8) is 0 Å². The third-order valence-corrected chi connectivity index (χ3v) is 6.69. The van der Waals surface area contributed by atoms with Crippen molar-refractivity contribution in [3.8, 4) is 17.4 Å². The zero-order valence-electron chi connectivity index (χ0n) is 18.7. The predicted molar refractivity (Wildman–Crippen MR) is 127 cm³/mol. The largest absolute Gasteiger partial charge is 0.491 e. The first-order valence-corrected chi connectivity index (χ1v) is 12.1. The Hall–Kier alpha value is -3.85. The zero-order chi connectivity index (χ0) is 24.3. The summed E-state index contributed by atoms with van der Waals surface area (Å²) in [4.78, 5) is 15.3. The Morgan fingerprint density at radius 1 is 1.06 bits per heavy atom. The van der Waals surface area contributed by atoms with Crippen molar-refractivity contribution in [3.05, 3.63) is 78.6 Å². The third kappa shape index (κ3) is 5.04. The van der Waals surface area contributed by atoms with E-state index in [0.29, 0.717) is 28.0 Å². The number of benzene rings is 2. The minimum Gasteiger partial charge on any atom is -0.491 e. The van der Waals surface area contributed by atoms with Gasteiger partial charge in [0, 0.05) is 24.1 Å². The maximum atomic E-state index is 13.5. The van der Waals surface area contributed by atoms with E-state index in [1.54, 1.807) is 30.3 Å². The highest BCUT2D eigenvalue weighted by molar-refractivity contribution is 7.90. The number of aryl methyl sites for hydroxylation is 1. The smallest absolute Gasteiger partial charge is 0.303 e. The second-order valence-electron chi connectivity index (χ2n) is 7.94. The third-order valence-electron chi connectivity index (χ3n) is 5.04. The topological polar surface area (TPSA) is 108 Å². The molecule has 4 aromatic rings. The van der Waals surface area contributed by atoms with Gasteiger partial charge in [-0.25, -0.2) is 17.4 Å². The van der Waals surface area contributed by atoms with Gasteiger partial charge in [0.05, 0.1) is 17.8 Å². The molecule has 1 N–H and O–H groups in total. The van der Waals surface area contributed by atoms with Crippen LogP contribution in [-0.2, 0) is 21.2 Å². The molecule has 0 bridgehead atoms. The fraction of sp³-hybridized carbons (Fsp3) is 0.200. The summed E-state index contributed by atoms with van der Waals surface area (Å²) in [7, 11) is -4.00. The molecule has 0 aliphatic rings. The van der Waals surface area contributed by atoms with Crippen LogP contribution >= 0.6 is 0 Å². The van der Waals surface area contributed by atoms with E-state index >= 15 is 0 Å². The maximum absolute atomic E-state index is 13.5. The van der Waals surface area contributed by atoms with Crippen LogP contribution in [0.5, 0.6) is 17.4 Å². The van der Waals surface area contributed by atoms with Crippen molar-refractivity contribution in [2.75, 3.05) is 0 Å². The van der Waals surface area contributed by atoms with Crippen molar-refractivity contribution in [1.82, 2.24) is 8.96 Å². The molecule has 2 aromatic carbocycles. The maximum Gasteiger partial charge on any atom is 0.303 e. The molecule has 176 valence electrons. The number of aromatic nitrogens is 2. The Kier molecular flexibility index (Phi) is 6.56. The second-order valence-corrected chi connectivity index (χ2v) is 9.76. The van der Waals surface area contributed by atoms with Gasteiger partial charge in [0.15, 0.2) is 0 Å². The molecule has 0 aliphatic heterocycles. The SMILES string of the molecule is CC(C)Oc1ccc2c(c1)c(CCC(=O)O)cn2S(=O)(=O)c1ccc(Oc2ccccc2)nc1. The Bertz CT molecular complexity index is 1410. The van der Waals surface area contributed by atoms with Crippen LogP contribution in [0.2, 0.25) is 0 Å². The molecule has 0 amide bonds. The molecule has 0 saturated heterocycles. The van der Waals surface area contributed by atoms with Crippen LogP contribution < -0.4 is 9.47 Å². The molecule has 9 heteroatoms. The highest BCUT2D eigenvalue weighted by atomic mass is 32.2. The molecule has 8 nitrogen and oxygen atoms in total. The van der Waals surface area contributed by atoms with Crippen molar-refractivity contribution in [1.29, 1.82) is 0 Å². The highest BCUT2D eigenvalue weighted by Gasteiger charge is 2.23. The summed E-state index contributed by atoms with van der Waals surface area (Å²) in [5.41, 5.74) is 1.04. The summed E-state index contributed by atoms with van der Waals surface area (Å²) in [5.74, 6) is 0.472. The van der Waals surface area contributed by atoms with E-state index in [2.05, 4.69) is 4.98 Å². The summed E-state index contributed by atoms with van der Waals surface area (Å²) in [6, 6.07) is 17.1. The molecule has 0 fully saturated rings. The van der Waals surface area contributed by atoms with Crippen LogP contribution in [0.4, 0.5) is 0 Å². The normalized spacial score (nSPS) is 11.6. The van der Waals surface area contributed by atoms with E-state index in [1.807, 2.05) is 32.0 Å². The van der Waals surface area contributed by atoms with Gasteiger partial charge in [-0.15, -0.1) is 0 Å². The first kappa shape index (κ1) is 23.3. The zero-order valence-corrected chi connectivity index (χ0v) is 19.5. The summed E-state index contributed by atoms with van der Waals surface area (Å²) in [6.45, 7) is 3.78. The average Bonchev–Trinajstić information content (AvgIpc) is 3.17. The Morgan fingerprint density at radius 2 is 1.82 bits per heavy atom. The molecule has 2 heterocycles. The number of aliphatic carboxylic acids is 1. The van der Waals surface area contributed by atoms with Gasteiger partial charge in [-0.3, -0.25) is 4.79 Å². The Labute approximate surface area is 197 Å². The molecule has 0 aliphatic carbocycles. The van der Waals surface area contributed by atoms with Crippen LogP contribution in [0.15, 0.2) is 78.0 Å². The number of fused-ring (bicyclic) bond motifs is 1. The monoisotopic (exact) mass is 480 g/mol. The number of rotatable bonds is 9. The standard InChI is InChI=1S/C25H24N2O6S/c1-17(2)32-20-9-11-23-22(14-20)18(8-13-25(28)29)16-27(23)34(30,31)21-10-12-24(26-15-21)33-19-6-4-3-5-7-19/h3-7,9-12,14-17H,8,13H2,1-2H3,(H,28,29). The van der Waals surface area contributed by atoms with Gasteiger partial charge in [-0.05, 0) is 62.2 Å². The van der Waals surface area contributed by atoms with Crippen molar-refractivity contribution < 1.29 is 27.8 Å². The number of pyridine rings is 1. The van der Waals surface area contributed by atoms with Crippen LogP contribution in [0.25, 0.3) is 10.9 Å². The number of para-hydroxylation sites is 1. The van der Waals surface area contributed by atoms with Gasteiger partial charge in [0.1, 0.15) is 16.4 Å². The number of hydrogen-bond donors (Lipinski definition) is 1. The summed E-state index contributed by atoms with van der Waals surface area (Å²) >= 11 is 0. The molecule has 4 rings (SSSR count). The van der Waals surface area contributed by atoms with Crippen molar-refractivity contribution >= 4 is 26.9 Å². The number of nitrogens with zero attached hydrogens (tertiary/aromatic N) is 2. The molecule has 0 saturated carbocycles. The summed E-state index contributed by atoms with van der Waals surface area (Å²) in [5, 5.41) is 9.75. The Morgan fingerprint density at radius 3 is 2.47 bits per heavy atom. The summed E-state index contributed by atoms with van der Waals surface area (Å²) < 4.78 is 39.5. The molecule has 0 spiro atoms. The lowest BCUT2D eigenvalue weighted by Crippen LogP contribution is -2.12. The fourth-order valence-electron chi connectivity index (χ4n) is 3.53. The number of carboxylic acid groups (broad SMARTS) is 1. The van der Waals surface area contributed by atoms with Crippen LogP contribution in [0, 0.1) is 0 Å². The number of carboxylic acids is 1. The van der Waals surface area contributed by atoms with Crippen LogP contribution in [0.1, 0.15) is 25.8 Å². The molecule has 0 atom stereocenters. The van der Waals surface area contributed by atoms with Gasteiger partial charge in [0.25, 0.3) is 10.0 Å². The van der Waals surface area contributed by atoms with E-state index in [0.717, 1.165) is 3.97 Å².